The zero-order chi connectivity index (χ0) is 23.2. The van der Waals surface area contributed by atoms with Crippen molar-refractivity contribution in [2.45, 2.75) is 49.9 Å². The van der Waals surface area contributed by atoms with Crippen molar-refractivity contribution in [3.8, 4) is 0 Å². The van der Waals surface area contributed by atoms with Crippen LogP contribution < -0.4 is 15.1 Å². The Labute approximate surface area is 205 Å². The summed E-state index contributed by atoms with van der Waals surface area (Å²) in [4.78, 5) is 17.3. The first-order chi connectivity index (χ1) is 16.8. The molecule has 0 spiro atoms. The van der Waals surface area contributed by atoms with Gasteiger partial charge in [-0.1, -0.05) is 11.8 Å². The monoisotopic (exact) mass is 486 g/mol. The van der Waals surface area contributed by atoms with Crippen molar-refractivity contribution in [2.24, 2.45) is 0 Å². The number of aromatic nitrogens is 3. The quantitative estimate of drug-likeness (QED) is 0.570. The van der Waals surface area contributed by atoms with Crippen molar-refractivity contribution < 1.29 is 14.3 Å². The van der Waals surface area contributed by atoms with Gasteiger partial charge < -0.3 is 24.6 Å². The molecule has 184 valence electrons. The molecule has 0 saturated carbocycles. The van der Waals surface area contributed by atoms with Crippen molar-refractivity contribution in [3.63, 3.8) is 0 Å². The molecule has 0 bridgehead atoms. The van der Waals surface area contributed by atoms with Crippen molar-refractivity contribution in [1.82, 2.24) is 14.8 Å². The molecule has 3 aliphatic rings. The number of morpholine rings is 1. The smallest absolute Gasteiger partial charge is 0.234 e. The van der Waals surface area contributed by atoms with Gasteiger partial charge in [0.1, 0.15) is 0 Å². The number of nitrogens with zero attached hydrogens (tertiary/aromatic N) is 5. The Morgan fingerprint density at radius 1 is 0.971 bits per heavy atom. The predicted octanol–water partition coefficient (Wildman–Crippen LogP) is 3.01. The zero-order valence-electron chi connectivity index (χ0n) is 19.7. The summed E-state index contributed by atoms with van der Waals surface area (Å²) in [7, 11) is 0. The molecule has 9 nitrogen and oxygen atoms in total. The highest BCUT2D eigenvalue weighted by Crippen LogP contribution is 2.27. The summed E-state index contributed by atoms with van der Waals surface area (Å²) in [6.45, 7) is 6.89. The van der Waals surface area contributed by atoms with Gasteiger partial charge in [-0.05, 0) is 56.4 Å². The van der Waals surface area contributed by atoms with Crippen LogP contribution in [0.3, 0.4) is 0 Å². The lowest BCUT2D eigenvalue weighted by molar-refractivity contribution is -0.113. The van der Waals surface area contributed by atoms with Crippen LogP contribution >= 0.6 is 11.8 Å². The lowest BCUT2D eigenvalue weighted by Gasteiger charge is -2.28. The van der Waals surface area contributed by atoms with Gasteiger partial charge in [0.05, 0.1) is 31.6 Å². The fraction of sp³-hybridized carbons (Fsp3) is 0.625. The van der Waals surface area contributed by atoms with Gasteiger partial charge in [-0.15, -0.1) is 10.2 Å². The summed E-state index contributed by atoms with van der Waals surface area (Å²) in [5.74, 6) is 1.15. The number of hydrogen-bond donors (Lipinski definition) is 1. The van der Waals surface area contributed by atoms with Crippen LogP contribution in [-0.4, -0.2) is 78.5 Å². The zero-order valence-corrected chi connectivity index (χ0v) is 20.5. The van der Waals surface area contributed by atoms with E-state index in [0.29, 0.717) is 0 Å². The first-order valence-corrected chi connectivity index (χ1v) is 13.4. The highest BCUT2D eigenvalue weighted by atomic mass is 32.2. The van der Waals surface area contributed by atoms with Crippen LogP contribution in [0.5, 0.6) is 0 Å². The number of hydrogen-bond acceptors (Lipinski definition) is 8. The molecular weight excluding hydrogens is 452 g/mol. The molecule has 1 atom stereocenters. The maximum atomic E-state index is 12.7. The lowest BCUT2D eigenvalue weighted by atomic mass is 10.1. The normalized spacial score (nSPS) is 21.1. The van der Waals surface area contributed by atoms with Gasteiger partial charge in [0.15, 0.2) is 5.16 Å². The summed E-state index contributed by atoms with van der Waals surface area (Å²) in [5, 5.41) is 12.8. The second-order valence-corrected chi connectivity index (χ2v) is 10.0. The number of rotatable bonds is 8. The predicted molar refractivity (Wildman–Crippen MR) is 134 cm³/mol. The Morgan fingerprint density at radius 3 is 2.50 bits per heavy atom. The van der Waals surface area contributed by atoms with Gasteiger partial charge >= 0.3 is 0 Å². The first-order valence-electron chi connectivity index (χ1n) is 12.4. The van der Waals surface area contributed by atoms with Crippen LogP contribution in [0.2, 0.25) is 0 Å². The Bertz CT molecular complexity index is 935. The molecule has 3 aliphatic heterocycles. The molecule has 0 unspecified atom stereocenters. The van der Waals surface area contributed by atoms with Crippen LogP contribution in [0.25, 0.3) is 0 Å². The van der Waals surface area contributed by atoms with Gasteiger partial charge in [0.2, 0.25) is 11.9 Å². The average Bonchev–Trinajstić information content (AvgIpc) is 3.55. The van der Waals surface area contributed by atoms with E-state index in [-0.39, 0.29) is 17.8 Å². The minimum Gasteiger partial charge on any atom is -0.378 e. The van der Waals surface area contributed by atoms with Gasteiger partial charge in [0, 0.05) is 44.2 Å². The number of piperidine rings is 1. The molecule has 4 heterocycles. The molecule has 1 N–H and O–H groups in total. The van der Waals surface area contributed by atoms with Gasteiger partial charge in [0.25, 0.3) is 0 Å². The van der Waals surface area contributed by atoms with Crippen molar-refractivity contribution >= 4 is 35.0 Å². The highest BCUT2D eigenvalue weighted by Gasteiger charge is 2.25. The van der Waals surface area contributed by atoms with Crippen LogP contribution in [0.15, 0.2) is 29.4 Å². The second-order valence-electron chi connectivity index (χ2n) is 9.06. The number of benzene rings is 1. The van der Waals surface area contributed by atoms with Gasteiger partial charge in [-0.25, -0.2) is 0 Å². The first kappa shape index (κ1) is 23.4. The fourth-order valence-electron chi connectivity index (χ4n) is 4.77. The van der Waals surface area contributed by atoms with E-state index in [1.807, 2.05) is 12.1 Å². The Kier molecular flexibility index (Phi) is 7.87. The molecule has 1 aromatic carbocycles. The molecule has 10 heteroatoms. The number of nitrogens with one attached hydrogen (secondary N) is 1. The molecule has 0 aliphatic carbocycles. The van der Waals surface area contributed by atoms with E-state index in [1.165, 1.54) is 31.0 Å². The number of thioether (sulfide) groups is 1. The maximum Gasteiger partial charge on any atom is 0.234 e. The highest BCUT2D eigenvalue weighted by molar-refractivity contribution is 7.99. The maximum absolute atomic E-state index is 12.7. The van der Waals surface area contributed by atoms with Crippen LogP contribution in [0.4, 0.5) is 17.3 Å². The van der Waals surface area contributed by atoms with E-state index in [1.54, 1.807) is 0 Å². The van der Waals surface area contributed by atoms with E-state index < -0.39 is 0 Å². The SMILES string of the molecule is O=C(CSc1nnc(N2CCCCC2)n1C[C@H]1CCCO1)Nc1ccc(N2CCOCC2)cc1. The topological polar surface area (TPSA) is 84.8 Å². The number of carbonyl (C=O) groups excluding carboxylic acids is 1. The molecule has 2 aromatic rings. The Morgan fingerprint density at radius 2 is 1.76 bits per heavy atom. The standard InChI is InChI=1S/C24H34N6O3S/c31-22(25-19-6-8-20(9-7-19)28-12-15-32-16-13-28)18-34-24-27-26-23(29-10-2-1-3-11-29)30(24)17-21-5-4-14-33-21/h6-9,21H,1-5,10-18H2,(H,25,31)/t21-/m1/s1. The van der Waals surface area contributed by atoms with Crippen LogP contribution in [0.1, 0.15) is 32.1 Å². The molecule has 1 amide bonds. The third-order valence-electron chi connectivity index (χ3n) is 6.61. The average molecular weight is 487 g/mol. The summed E-state index contributed by atoms with van der Waals surface area (Å²) in [6.07, 6.45) is 5.98. The minimum absolute atomic E-state index is 0.0460. The van der Waals surface area contributed by atoms with E-state index in [4.69, 9.17) is 9.47 Å². The minimum atomic E-state index is -0.0460. The molecule has 3 saturated heterocycles. The van der Waals surface area contributed by atoms with Gasteiger partial charge in [-0.3, -0.25) is 9.36 Å². The Balaban J connectivity index is 1.19. The van der Waals surface area contributed by atoms with Gasteiger partial charge in [-0.2, -0.15) is 0 Å². The summed E-state index contributed by atoms with van der Waals surface area (Å²) < 4.78 is 13.5. The van der Waals surface area contributed by atoms with E-state index in [9.17, 15) is 4.79 Å². The number of anilines is 3. The molecule has 34 heavy (non-hydrogen) atoms. The molecular formula is C24H34N6O3S. The largest absolute Gasteiger partial charge is 0.378 e. The summed E-state index contributed by atoms with van der Waals surface area (Å²) >= 11 is 1.44. The fourth-order valence-corrected chi connectivity index (χ4v) is 5.51. The molecule has 3 fully saturated rings. The second kappa shape index (κ2) is 11.4. The number of ether oxygens (including phenoxy) is 2. The molecule has 1 aromatic heterocycles. The van der Waals surface area contributed by atoms with Crippen molar-refractivity contribution in [3.05, 3.63) is 24.3 Å². The lowest BCUT2D eigenvalue weighted by Crippen LogP contribution is -2.36. The third kappa shape index (κ3) is 5.84. The number of carbonyl (C=O) groups is 1. The van der Waals surface area contributed by atoms with E-state index >= 15 is 0 Å². The third-order valence-corrected chi connectivity index (χ3v) is 7.57. The summed E-state index contributed by atoms with van der Waals surface area (Å²) in [5.41, 5.74) is 1.96. The van der Waals surface area contributed by atoms with Crippen molar-refractivity contribution in [1.29, 1.82) is 0 Å². The molecule has 0 radical (unpaired) electrons. The number of amides is 1. The molecule has 5 rings (SSSR count). The summed E-state index contributed by atoms with van der Waals surface area (Å²) in [6, 6.07) is 8.03. The van der Waals surface area contributed by atoms with Crippen LogP contribution in [0, 0.1) is 0 Å². The van der Waals surface area contributed by atoms with E-state index in [2.05, 4.69) is 42.0 Å². The van der Waals surface area contributed by atoms with Crippen LogP contribution in [-0.2, 0) is 20.8 Å². The van der Waals surface area contributed by atoms with Crippen molar-refractivity contribution in [2.75, 3.05) is 66.9 Å². The van der Waals surface area contributed by atoms with E-state index in [0.717, 1.165) is 87.9 Å². The Hall–Kier alpha value is -2.30.